The molecular formula is C26H33N3O3. The van der Waals surface area contributed by atoms with Gasteiger partial charge in [0.1, 0.15) is 0 Å². The minimum absolute atomic E-state index is 0.0481. The summed E-state index contributed by atoms with van der Waals surface area (Å²) in [5, 5.41) is 10.3. The van der Waals surface area contributed by atoms with E-state index in [0.29, 0.717) is 18.8 Å². The quantitative estimate of drug-likeness (QED) is 0.642. The van der Waals surface area contributed by atoms with E-state index in [1.54, 1.807) is 0 Å². The molecule has 0 spiro atoms. The topological polar surface area (TPSA) is 71.6 Å². The number of piperidine rings is 1. The second kappa shape index (κ2) is 9.51. The Morgan fingerprint density at radius 1 is 0.969 bits per heavy atom. The molecule has 32 heavy (non-hydrogen) atoms. The zero-order valence-electron chi connectivity index (χ0n) is 18.7. The number of carbonyl (C=O) groups is 1. The number of ether oxygens (including phenoxy) is 2. The maximum atomic E-state index is 12.6. The van der Waals surface area contributed by atoms with Gasteiger partial charge in [0.25, 0.3) is 5.91 Å². The lowest BCUT2D eigenvalue weighted by atomic mass is 9.96. The van der Waals surface area contributed by atoms with Crippen molar-refractivity contribution in [2.75, 3.05) is 19.9 Å². The van der Waals surface area contributed by atoms with E-state index in [2.05, 4.69) is 47.1 Å². The number of rotatable bonds is 6. The third-order valence-electron chi connectivity index (χ3n) is 7.13. The van der Waals surface area contributed by atoms with Gasteiger partial charge < -0.3 is 25.4 Å². The predicted octanol–water partition coefficient (Wildman–Crippen LogP) is 3.88. The van der Waals surface area contributed by atoms with Crippen molar-refractivity contribution < 1.29 is 14.3 Å². The molecule has 2 aromatic carbocycles. The van der Waals surface area contributed by atoms with Gasteiger partial charge in [0.2, 0.25) is 6.79 Å². The predicted molar refractivity (Wildman–Crippen MR) is 124 cm³/mol. The second-order valence-electron chi connectivity index (χ2n) is 9.33. The van der Waals surface area contributed by atoms with Crippen LogP contribution in [0.15, 0.2) is 42.5 Å². The van der Waals surface area contributed by atoms with Crippen LogP contribution in [0.2, 0.25) is 0 Å². The van der Waals surface area contributed by atoms with Crippen LogP contribution in [0.1, 0.15) is 72.5 Å². The molecule has 1 saturated heterocycles. The lowest BCUT2D eigenvalue weighted by Gasteiger charge is -2.23. The Hall–Kier alpha value is -2.57. The van der Waals surface area contributed by atoms with Crippen LogP contribution in [0.25, 0.3) is 0 Å². The van der Waals surface area contributed by atoms with Crippen molar-refractivity contribution in [3.05, 3.63) is 59.2 Å². The maximum Gasteiger partial charge on any atom is 0.251 e. The highest BCUT2D eigenvalue weighted by atomic mass is 16.7. The molecule has 2 aromatic rings. The van der Waals surface area contributed by atoms with E-state index in [1.807, 2.05) is 18.2 Å². The van der Waals surface area contributed by atoms with Crippen LogP contribution in [-0.2, 0) is 0 Å². The van der Waals surface area contributed by atoms with Crippen LogP contribution >= 0.6 is 0 Å². The number of amides is 1. The van der Waals surface area contributed by atoms with E-state index in [-0.39, 0.29) is 18.0 Å². The van der Waals surface area contributed by atoms with Crippen molar-refractivity contribution in [1.82, 2.24) is 16.0 Å². The van der Waals surface area contributed by atoms with Gasteiger partial charge in [-0.25, -0.2) is 0 Å². The first kappa shape index (κ1) is 21.3. The SMILES string of the molecule is C[C@@H](N[C@H]1CCC(c2ccc(C(=O)NC3CCNCC3)cc2)C1)c1ccc2c(c1)OCO2. The molecule has 1 unspecified atom stereocenters. The molecule has 3 atom stereocenters. The average molecular weight is 436 g/mol. The minimum Gasteiger partial charge on any atom is -0.454 e. The van der Waals surface area contributed by atoms with Gasteiger partial charge in [0.05, 0.1) is 0 Å². The minimum atomic E-state index is 0.0481. The van der Waals surface area contributed by atoms with Gasteiger partial charge in [-0.3, -0.25) is 4.79 Å². The van der Waals surface area contributed by atoms with Gasteiger partial charge in [-0.2, -0.15) is 0 Å². The standard InChI is InChI=1S/C26H33N3O3/c1-17(20-7-9-24-25(15-20)32-16-31-24)28-23-8-6-21(14-23)18-2-4-19(5-3-18)26(30)29-22-10-12-27-13-11-22/h2-5,7,9,15,17,21-23,27-28H,6,8,10-14,16H2,1H3,(H,29,30)/t17-,21?,23+/m1/s1. The molecule has 5 rings (SSSR count). The molecule has 2 aliphatic heterocycles. The van der Waals surface area contributed by atoms with Crippen LogP contribution < -0.4 is 25.4 Å². The smallest absolute Gasteiger partial charge is 0.251 e. The summed E-state index contributed by atoms with van der Waals surface area (Å²) in [7, 11) is 0. The highest BCUT2D eigenvalue weighted by molar-refractivity contribution is 5.94. The van der Waals surface area contributed by atoms with Crippen molar-refractivity contribution in [3.8, 4) is 11.5 Å². The molecule has 6 nitrogen and oxygen atoms in total. The fraction of sp³-hybridized carbons (Fsp3) is 0.500. The fourth-order valence-corrected chi connectivity index (χ4v) is 5.21. The summed E-state index contributed by atoms with van der Waals surface area (Å²) in [5.74, 6) is 2.25. The molecule has 1 saturated carbocycles. The molecule has 3 N–H and O–H groups in total. The van der Waals surface area contributed by atoms with E-state index in [1.165, 1.54) is 17.5 Å². The number of benzene rings is 2. The fourth-order valence-electron chi connectivity index (χ4n) is 5.21. The summed E-state index contributed by atoms with van der Waals surface area (Å²) >= 11 is 0. The molecule has 1 amide bonds. The normalized spacial score (nSPS) is 23.8. The van der Waals surface area contributed by atoms with E-state index >= 15 is 0 Å². The molecular weight excluding hydrogens is 402 g/mol. The molecule has 0 bridgehead atoms. The van der Waals surface area contributed by atoms with Crippen molar-refractivity contribution in [1.29, 1.82) is 0 Å². The summed E-state index contributed by atoms with van der Waals surface area (Å²) in [4.78, 5) is 12.6. The molecule has 0 aromatic heterocycles. The van der Waals surface area contributed by atoms with Crippen LogP contribution in [0.5, 0.6) is 11.5 Å². The first-order valence-corrected chi connectivity index (χ1v) is 11.9. The summed E-state index contributed by atoms with van der Waals surface area (Å²) in [6.07, 6.45) is 5.47. The van der Waals surface area contributed by atoms with E-state index in [9.17, 15) is 4.79 Å². The molecule has 2 heterocycles. The van der Waals surface area contributed by atoms with Crippen molar-refractivity contribution >= 4 is 5.91 Å². The average Bonchev–Trinajstić information content (AvgIpc) is 3.49. The third-order valence-corrected chi connectivity index (χ3v) is 7.13. The molecule has 2 fully saturated rings. The highest BCUT2D eigenvalue weighted by Gasteiger charge is 2.27. The van der Waals surface area contributed by atoms with Crippen molar-refractivity contribution in [2.45, 2.75) is 63.1 Å². The lowest BCUT2D eigenvalue weighted by molar-refractivity contribution is 0.0929. The highest BCUT2D eigenvalue weighted by Crippen LogP contribution is 2.37. The van der Waals surface area contributed by atoms with Gasteiger partial charge in [0.15, 0.2) is 11.5 Å². The summed E-state index contributed by atoms with van der Waals surface area (Å²) in [6.45, 7) is 4.48. The third kappa shape index (κ3) is 4.76. The zero-order valence-corrected chi connectivity index (χ0v) is 18.7. The van der Waals surface area contributed by atoms with E-state index in [4.69, 9.17) is 9.47 Å². The van der Waals surface area contributed by atoms with Gasteiger partial charge in [-0.05, 0) is 93.4 Å². The molecule has 0 radical (unpaired) electrons. The first-order valence-electron chi connectivity index (χ1n) is 11.9. The van der Waals surface area contributed by atoms with Crippen LogP contribution in [-0.4, -0.2) is 37.9 Å². The zero-order chi connectivity index (χ0) is 21.9. The number of hydrogen-bond donors (Lipinski definition) is 3. The molecule has 6 heteroatoms. The Labute approximate surface area is 190 Å². The summed E-state index contributed by atoms with van der Waals surface area (Å²) in [5.41, 5.74) is 3.32. The monoisotopic (exact) mass is 435 g/mol. The maximum absolute atomic E-state index is 12.6. The number of carbonyl (C=O) groups excluding carboxylic acids is 1. The van der Waals surface area contributed by atoms with Crippen LogP contribution in [0.3, 0.4) is 0 Å². The first-order chi connectivity index (χ1) is 15.7. The van der Waals surface area contributed by atoms with Gasteiger partial charge in [-0.1, -0.05) is 18.2 Å². The summed E-state index contributed by atoms with van der Waals surface area (Å²) < 4.78 is 10.9. The largest absolute Gasteiger partial charge is 0.454 e. The Morgan fingerprint density at radius 2 is 1.75 bits per heavy atom. The van der Waals surface area contributed by atoms with Crippen LogP contribution in [0.4, 0.5) is 0 Å². The van der Waals surface area contributed by atoms with E-state index in [0.717, 1.165) is 55.8 Å². The number of fused-ring (bicyclic) bond motifs is 1. The van der Waals surface area contributed by atoms with Crippen LogP contribution in [0, 0.1) is 0 Å². The lowest BCUT2D eigenvalue weighted by Crippen LogP contribution is -2.42. The Balaban J connectivity index is 1.14. The van der Waals surface area contributed by atoms with Gasteiger partial charge >= 0.3 is 0 Å². The van der Waals surface area contributed by atoms with E-state index < -0.39 is 0 Å². The van der Waals surface area contributed by atoms with Gasteiger partial charge in [-0.15, -0.1) is 0 Å². The molecule has 170 valence electrons. The molecule has 1 aliphatic carbocycles. The number of hydrogen-bond acceptors (Lipinski definition) is 5. The van der Waals surface area contributed by atoms with Crippen molar-refractivity contribution in [3.63, 3.8) is 0 Å². The second-order valence-corrected chi connectivity index (χ2v) is 9.33. The van der Waals surface area contributed by atoms with Crippen molar-refractivity contribution in [2.24, 2.45) is 0 Å². The Bertz CT molecular complexity index is 940. The number of nitrogens with one attached hydrogen (secondary N) is 3. The Morgan fingerprint density at radius 3 is 2.56 bits per heavy atom. The summed E-state index contributed by atoms with van der Waals surface area (Å²) in [6, 6.07) is 15.5. The molecule has 3 aliphatic rings. The Kier molecular flexibility index (Phi) is 6.32. The van der Waals surface area contributed by atoms with Gasteiger partial charge in [0, 0.05) is 23.7 Å².